The van der Waals surface area contributed by atoms with Crippen LogP contribution in [0.4, 0.5) is 18.9 Å². The van der Waals surface area contributed by atoms with E-state index in [4.69, 9.17) is 5.73 Å². The quantitative estimate of drug-likeness (QED) is 0.240. The number of anilines is 1. The third-order valence-electron chi connectivity index (χ3n) is 5.40. The van der Waals surface area contributed by atoms with Gasteiger partial charge in [-0.15, -0.1) is 11.8 Å². The van der Waals surface area contributed by atoms with E-state index in [-0.39, 0.29) is 41.2 Å². The number of nitrogens with two attached hydrogens (primary N) is 1. The lowest BCUT2D eigenvalue weighted by Gasteiger charge is -2.47. The average molecular weight is 499 g/mol. The number of carboxylic acids is 1. The molecule has 2 saturated heterocycles. The minimum atomic E-state index is -5.25. The summed E-state index contributed by atoms with van der Waals surface area (Å²) in [5, 5.41) is 19.1. The van der Waals surface area contributed by atoms with E-state index in [9.17, 15) is 42.6 Å². The third-order valence-corrected chi connectivity index (χ3v) is 6.73. The highest BCUT2D eigenvalue weighted by Crippen LogP contribution is 2.41. The number of allylic oxidation sites excluding steroid dienone is 1. The summed E-state index contributed by atoms with van der Waals surface area (Å²) < 4.78 is 41.2. The number of halogens is 3. The number of thioether (sulfide) groups is 1. The van der Waals surface area contributed by atoms with Crippen molar-refractivity contribution in [2.24, 2.45) is 5.73 Å². The molecule has 180 valence electrons. The van der Waals surface area contributed by atoms with E-state index < -0.39 is 52.8 Å². The monoisotopic (exact) mass is 499 g/mol. The molecule has 14 heteroatoms. The van der Waals surface area contributed by atoms with E-state index in [0.29, 0.717) is 0 Å². The molecule has 4 N–H and O–H groups in total. The van der Waals surface area contributed by atoms with Gasteiger partial charge in [-0.05, 0) is 30.2 Å². The second-order valence-corrected chi connectivity index (χ2v) is 8.64. The number of phenols is 1. The molecule has 10 nitrogen and oxygen atoms in total. The highest BCUT2D eigenvalue weighted by Gasteiger charge is 2.51. The number of aromatic hydroxyl groups is 1. The maximum absolute atomic E-state index is 12.9. The van der Waals surface area contributed by atoms with Crippen molar-refractivity contribution in [2.75, 3.05) is 17.2 Å². The number of amides is 2. The van der Waals surface area contributed by atoms with Gasteiger partial charge in [0.05, 0.1) is 0 Å². The summed E-state index contributed by atoms with van der Waals surface area (Å²) in [6, 6.07) is 2.31. The molecule has 1 aromatic rings. The van der Waals surface area contributed by atoms with Gasteiger partial charge < -0.3 is 25.6 Å². The molecular weight excluding hydrogens is 483 g/mol. The fourth-order valence-corrected chi connectivity index (χ4v) is 5.03. The van der Waals surface area contributed by atoms with Gasteiger partial charge in [0.1, 0.15) is 17.1 Å². The van der Waals surface area contributed by atoms with Crippen molar-refractivity contribution in [3.63, 3.8) is 0 Å². The summed E-state index contributed by atoms with van der Waals surface area (Å²) >= 11 is 1.28. The van der Waals surface area contributed by atoms with Crippen LogP contribution in [0.3, 0.4) is 0 Å². The second-order valence-electron chi connectivity index (χ2n) is 7.53. The predicted molar refractivity (Wildman–Crippen MR) is 111 cm³/mol. The molecule has 34 heavy (non-hydrogen) atoms. The fraction of sp³-hybridized carbons (Fsp3) is 0.300. The average Bonchev–Trinajstić information content (AvgIpc) is 3.13. The van der Waals surface area contributed by atoms with Crippen LogP contribution in [-0.4, -0.2) is 68.8 Å². The van der Waals surface area contributed by atoms with Crippen molar-refractivity contribution in [2.45, 2.75) is 24.0 Å². The largest absolute Gasteiger partial charge is 0.504 e. The van der Waals surface area contributed by atoms with Crippen LogP contribution >= 0.6 is 11.8 Å². The summed E-state index contributed by atoms with van der Waals surface area (Å²) in [7, 11) is 0. The summed E-state index contributed by atoms with van der Waals surface area (Å²) in [6.07, 6.45) is -3.63. The number of ether oxygens (including phenoxy) is 1. The van der Waals surface area contributed by atoms with Crippen LogP contribution in [0, 0.1) is 0 Å². The number of carboxylic acid groups (broad SMARTS) is 1. The molecule has 2 atom stereocenters. The van der Waals surface area contributed by atoms with Crippen molar-refractivity contribution in [3.8, 4) is 11.5 Å². The zero-order valence-corrected chi connectivity index (χ0v) is 17.9. The number of hydrogen-bond donors (Lipinski definition) is 3. The Balaban J connectivity index is 1.56. The van der Waals surface area contributed by atoms with Crippen LogP contribution < -0.4 is 15.4 Å². The first-order valence-corrected chi connectivity index (χ1v) is 10.8. The molecule has 0 aliphatic carbocycles. The number of rotatable bonds is 4. The minimum Gasteiger partial charge on any atom is -0.504 e. The van der Waals surface area contributed by atoms with Crippen LogP contribution in [0.5, 0.6) is 11.5 Å². The SMILES string of the molecule is N[C@@H]1C(=O)N2C(C(=O)O)=C(/C=C3\CCN(c4ccc(OC(=O)C(F)(F)F)c(O)c4)C3=O)CS[C@H]12. The molecule has 1 aromatic carbocycles. The zero-order valence-electron chi connectivity index (χ0n) is 17.0. The summed E-state index contributed by atoms with van der Waals surface area (Å²) in [4.78, 5) is 50.0. The Labute approximate surface area is 193 Å². The lowest BCUT2D eigenvalue weighted by molar-refractivity contribution is -0.189. The van der Waals surface area contributed by atoms with E-state index in [1.165, 1.54) is 28.8 Å². The number of carbonyl (C=O) groups is 4. The smallest absolute Gasteiger partial charge is 0.491 e. The Morgan fingerprint density at radius 3 is 2.59 bits per heavy atom. The third kappa shape index (κ3) is 3.98. The number of esters is 1. The Bertz CT molecular complexity index is 1180. The molecule has 0 spiro atoms. The van der Waals surface area contributed by atoms with Gasteiger partial charge in [0, 0.05) is 29.6 Å². The molecule has 0 unspecified atom stereocenters. The van der Waals surface area contributed by atoms with E-state index in [1.54, 1.807) is 0 Å². The number of nitrogens with zero attached hydrogens (tertiary/aromatic N) is 2. The number of carbonyl (C=O) groups excluding carboxylic acids is 3. The standard InChI is InChI=1S/C20H16F3N3O7S/c21-20(22,23)19(32)33-12-2-1-10(6-11(12)27)25-4-3-8(15(25)28)5-9-7-34-17-13(24)16(29)26(17)14(9)18(30)31/h1-2,5-6,13,17,27H,3-4,7,24H2,(H,30,31)/b8-5+/t13-,17-/m1/s1. The maximum atomic E-state index is 12.9. The summed E-state index contributed by atoms with van der Waals surface area (Å²) in [5.74, 6) is -6.15. The first kappa shape index (κ1) is 23.6. The zero-order chi connectivity index (χ0) is 24.9. The van der Waals surface area contributed by atoms with Crippen LogP contribution in [0.15, 0.2) is 41.1 Å². The molecule has 0 saturated carbocycles. The molecule has 3 aliphatic rings. The topological polar surface area (TPSA) is 150 Å². The molecule has 2 amide bonds. The molecule has 3 heterocycles. The van der Waals surface area contributed by atoms with E-state index in [2.05, 4.69) is 4.74 Å². The number of benzene rings is 1. The Morgan fingerprint density at radius 2 is 1.97 bits per heavy atom. The van der Waals surface area contributed by atoms with E-state index in [1.807, 2.05) is 0 Å². The number of β-lactam (4-membered cyclic amide) rings is 1. The Kier molecular flexibility index (Phi) is 5.81. The predicted octanol–water partition coefficient (Wildman–Crippen LogP) is 1.10. The molecule has 4 rings (SSSR count). The van der Waals surface area contributed by atoms with Gasteiger partial charge >= 0.3 is 18.1 Å². The molecule has 0 bridgehead atoms. The highest BCUT2D eigenvalue weighted by molar-refractivity contribution is 8.00. The van der Waals surface area contributed by atoms with Crippen LogP contribution in [0.25, 0.3) is 0 Å². The van der Waals surface area contributed by atoms with E-state index in [0.717, 1.165) is 17.0 Å². The number of fused-ring (bicyclic) bond motifs is 1. The molecular formula is C20H16F3N3O7S. The normalized spacial score (nSPS) is 23.8. The molecule has 2 fully saturated rings. The van der Waals surface area contributed by atoms with Gasteiger partial charge in [-0.1, -0.05) is 0 Å². The first-order chi connectivity index (χ1) is 15.9. The highest BCUT2D eigenvalue weighted by atomic mass is 32.2. The van der Waals surface area contributed by atoms with E-state index >= 15 is 0 Å². The lowest BCUT2D eigenvalue weighted by atomic mass is 10.0. The number of hydrogen-bond acceptors (Lipinski definition) is 8. The lowest BCUT2D eigenvalue weighted by Crippen LogP contribution is -2.68. The molecule has 0 radical (unpaired) electrons. The first-order valence-electron chi connectivity index (χ1n) is 9.71. The van der Waals surface area contributed by atoms with Crippen LogP contribution in [0.1, 0.15) is 6.42 Å². The van der Waals surface area contributed by atoms with Crippen LogP contribution in [0.2, 0.25) is 0 Å². The van der Waals surface area contributed by atoms with Crippen molar-refractivity contribution in [1.29, 1.82) is 0 Å². The second kappa shape index (κ2) is 8.36. The van der Waals surface area contributed by atoms with Gasteiger partial charge in [-0.2, -0.15) is 13.2 Å². The Hall–Kier alpha value is -3.52. The minimum absolute atomic E-state index is 0.132. The number of phenolic OH excluding ortho intramolecular Hbond substituents is 1. The number of aliphatic carboxylic acids is 1. The fourth-order valence-electron chi connectivity index (χ4n) is 3.77. The maximum Gasteiger partial charge on any atom is 0.491 e. The van der Waals surface area contributed by atoms with Crippen molar-refractivity contribution in [3.05, 3.63) is 41.1 Å². The van der Waals surface area contributed by atoms with Gasteiger partial charge in [0.25, 0.3) is 5.91 Å². The van der Waals surface area contributed by atoms with Crippen molar-refractivity contribution < 1.29 is 47.3 Å². The number of alkyl halides is 3. The molecule has 3 aliphatic heterocycles. The van der Waals surface area contributed by atoms with Crippen molar-refractivity contribution in [1.82, 2.24) is 4.90 Å². The Morgan fingerprint density at radius 1 is 1.26 bits per heavy atom. The summed E-state index contributed by atoms with van der Waals surface area (Å²) in [6.45, 7) is 0.144. The molecule has 0 aromatic heterocycles. The van der Waals surface area contributed by atoms with Gasteiger partial charge in [0.15, 0.2) is 11.5 Å². The van der Waals surface area contributed by atoms with Gasteiger partial charge in [-0.3, -0.25) is 14.5 Å². The van der Waals surface area contributed by atoms with Gasteiger partial charge in [-0.25, -0.2) is 9.59 Å². The van der Waals surface area contributed by atoms with Gasteiger partial charge in [0.2, 0.25) is 5.91 Å². The van der Waals surface area contributed by atoms with Crippen molar-refractivity contribution >= 4 is 41.2 Å². The van der Waals surface area contributed by atoms with Crippen LogP contribution in [-0.2, 0) is 19.2 Å². The summed E-state index contributed by atoms with van der Waals surface area (Å²) in [5.41, 5.74) is 6.14.